The third-order valence-corrected chi connectivity index (χ3v) is 3.83. The van der Waals surface area contributed by atoms with Gasteiger partial charge in [0.15, 0.2) is 0 Å². The fraction of sp³-hybridized carbons (Fsp3) is 0. The zero-order chi connectivity index (χ0) is 17.7. The van der Waals surface area contributed by atoms with Gasteiger partial charge in [-0.2, -0.15) is 0 Å². The maximum Gasteiger partial charge on any atom is 0.268 e. The molecular weight excluding hydrogens is 378 g/mol. The minimum Gasteiger partial charge on any atom is -0.321 e. The van der Waals surface area contributed by atoms with Crippen LogP contribution in [0.15, 0.2) is 58.6 Å². The summed E-state index contributed by atoms with van der Waals surface area (Å²) in [6, 6.07) is 11.4. The highest BCUT2D eigenvalue weighted by atomic mass is 35.5. The number of nitrogens with one attached hydrogen (secondary N) is 2. The van der Waals surface area contributed by atoms with Crippen LogP contribution in [0, 0.1) is 5.82 Å². The quantitative estimate of drug-likeness (QED) is 0.744. The number of benzene rings is 2. The molecule has 0 saturated heterocycles. The van der Waals surface area contributed by atoms with Crippen LogP contribution >= 0.6 is 34.8 Å². The van der Waals surface area contributed by atoms with Gasteiger partial charge in [0.05, 0.1) is 0 Å². The molecule has 2 amide bonds. The van der Waals surface area contributed by atoms with E-state index in [-0.39, 0.29) is 0 Å². The van der Waals surface area contributed by atoms with Crippen LogP contribution in [0.1, 0.15) is 0 Å². The summed E-state index contributed by atoms with van der Waals surface area (Å²) < 4.78 is 12.8. The number of rotatable bonds is 4. The SMILES string of the molecule is O=C(Nc1ccc(F)cc1)C(Cl)=C(Cl)C(=O)Nc1cccc(Cl)c1. The number of hydrogen-bond donors (Lipinski definition) is 2. The fourth-order valence-electron chi connectivity index (χ4n) is 1.67. The summed E-state index contributed by atoms with van der Waals surface area (Å²) in [7, 11) is 0. The summed E-state index contributed by atoms with van der Waals surface area (Å²) in [5, 5.41) is 4.29. The van der Waals surface area contributed by atoms with Gasteiger partial charge in [-0.1, -0.05) is 40.9 Å². The molecule has 0 heterocycles. The van der Waals surface area contributed by atoms with E-state index in [0.717, 1.165) is 0 Å². The van der Waals surface area contributed by atoms with Crippen LogP contribution in [0.4, 0.5) is 15.8 Å². The highest BCUT2D eigenvalue weighted by Gasteiger charge is 2.18. The first kappa shape index (κ1) is 18.3. The van der Waals surface area contributed by atoms with Gasteiger partial charge in [0.25, 0.3) is 11.8 Å². The van der Waals surface area contributed by atoms with Gasteiger partial charge in [-0.25, -0.2) is 4.39 Å². The van der Waals surface area contributed by atoms with E-state index >= 15 is 0 Å². The molecule has 8 heteroatoms. The zero-order valence-electron chi connectivity index (χ0n) is 11.9. The molecule has 2 rings (SSSR count). The van der Waals surface area contributed by atoms with E-state index < -0.39 is 27.7 Å². The summed E-state index contributed by atoms with van der Waals surface area (Å²) in [4.78, 5) is 24.0. The summed E-state index contributed by atoms with van der Waals surface area (Å²) >= 11 is 17.5. The summed E-state index contributed by atoms with van der Waals surface area (Å²) in [5.41, 5.74) is 0.702. The molecule has 0 bridgehead atoms. The maximum absolute atomic E-state index is 12.8. The van der Waals surface area contributed by atoms with E-state index in [2.05, 4.69) is 10.6 Å². The molecule has 0 aliphatic carbocycles. The Bertz CT molecular complexity index is 807. The van der Waals surface area contributed by atoms with Crippen molar-refractivity contribution in [2.24, 2.45) is 0 Å². The van der Waals surface area contributed by atoms with Crippen LogP contribution in [-0.2, 0) is 9.59 Å². The number of hydrogen-bond acceptors (Lipinski definition) is 2. The molecule has 0 aliphatic heterocycles. The van der Waals surface area contributed by atoms with Crippen LogP contribution < -0.4 is 10.6 Å². The predicted molar refractivity (Wildman–Crippen MR) is 93.8 cm³/mol. The minimum atomic E-state index is -0.797. The maximum atomic E-state index is 12.8. The van der Waals surface area contributed by atoms with Gasteiger partial charge in [0, 0.05) is 16.4 Å². The van der Waals surface area contributed by atoms with Crippen molar-refractivity contribution in [3.05, 3.63) is 69.4 Å². The Kier molecular flexibility index (Phi) is 6.20. The van der Waals surface area contributed by atoms with Crippen LogP contribution in [0.2, 0.25) is 5.02 Å². The third kappa shape index (κ3) is 4.96. The number of carbonyl (C=O) groups excluding carboxylic acids is 2. The van der Waals surface area contributed by atoms with Gasteiger partial charge in [0.2, 0.25) is 0 Å². The Balaban J connectivity index is 2.09. The summed E-state index contributed by atoms with van der Waals surface area (Å²) in [6.07, 6.45) is 0. The van der Waals surface area contributed by atoms with Crippen molar-refractivity contribution in [2.45, 2.75) is 0 Å². The first-order valence-corrected chi connectivity index (χ1v) is 7.69. The molecule has 24 heavy (non-hydrogen) atoms. The van der Waals surface area contributed by atoms with Crippen LogP contribution in [-0.4, -0.2) is 11.8 Å². The van der Waals surface area contributed by atoms with Crippen molar-refractivity contribution in [3.63, 3.8) is 0 Å². The summed E-state index contributed by atoms with van der Waals surface area (Å²) in [6.45, 7) is 0. The molecule has 0 aliphatic rings. The predicted octanol–water partition coefficient (Wildman–Crippen LogP) is 4.75. The minimum absolute atomic E-state index is 0.305. The second-order valence-electron chi connectivity index (χ2n) is 4.55. The number of amides is 2. The van der Waals surface area contributed by atoms with Crippen LogP contribution in [0.5, 0.6) is 0 Å². The van der Waals surface area contributed by atoms with Crippen molar-refractivity contribution in [1.29, 1.82) is 0 Å². The average molecular weight is 388 g/mol. The first-order valence-electron chi connectivity index (χ1n) is 6.56. The molecule has 2 N–H and O–H groups in total. The average Bonchev–Trinajstić information content (AvgIpc) is 2.55. The lowest BCUT2D eigenvalue weighted by molar-refractivity contribution is -0.114. The Hall–Kier alpha value is -2.08. The Morgan fingerprint density at radius 2 is 1.38 bits per heavy atom. The number of halogens is 4. The molecule has 4 nitrogen and oxygen atoms in total. The molecule has 2 aromatic carbocycles. The number of anilines is 2. The third-order valence-electron chi connectivity index (χ3n) is 2.78. The Labute approximate surface area is 152 Å². The zero-order valence-corrected chi connectivity index (χ0v) is 14.2. The van der Waals surface area contributed by atoms with E-state index in [1.54, 1.807) is 18.2 Å². The second kappa shape index (κ2) is 8.15. The van der Waals surface area contributed by atoms with Crippen molar-refractivity contribution >= 4 is 58.0 Å². The lowest BCUT2D eigenvalue weighted by atomic mass is 10.3. The highest BCUT2D eigenvalue weighted by Crippen LogP contribution is 2.20. The normalized spacial score (nSPS) is 11.5. The van der Waals surface area contributed by atoms with Crippen molar-refractivity contribution in [3.8, 4) is 0 Å². The van der Waals surface area contributed by atoms with Gasteiger partial charge in [0.1, 0.15) is 15.9 Å². The molecule has 0 saturated carbocycles. The molecule has 2 aromatic rings. The number of carbonyl (C=O) groups is 2. The van der Waals surface area contributed by atoms with E-state index in [1.807, 2.05) is 0 Å². The molecule has 0 atom stereocenters. The van der Waals surface area contributed by atoms with E-state index in [1.165, 1.54) is 30.3 Å². The molecular formula is C16H10Cl3FN2O2. The summed E-state index contributed by atoms with van der Waals surface area (Å²) in [5.74, 6) is -2.01. The molecule has 0 radical (unpaired) electrons. The van der Waals surface area contributed by atoms with Crippen molar-refractivity contribution in [2.75, 3.05) is 10.6 Å². The smallest absolute Gasteiger partial charge is 0.268 e. The topological polar surface area (TPSA) is 58.2 Å². The van der Waals surface area contributed by atoms with Crippen molar-refractivity contribution < 1.29 is 14.0 Å². The van der Waals surface area contributed by atoms with E-state index in [0.29, 0.717) is 16.4 Å². The van der Waals surface area contributed by atoms with Gasteiger partial charge >= 0.3 is 0 Å². The lowest BCUT2D eigenvalue weighted by Gasteiger charge is -2.08. The standard InChI is InChI=1S/C16H10Cl3FN2O2/c17-9-2-1-3-12(8-9)22-16(24)14(19)13(18)15(23)21-11-6-4-10(20)5-7-11/h1-8H,(H,21,23)(H,22,24). The highest BCUT2D eigenvalue weighted by molar-refractivity contribution is 6.55. The largest absolute Gasteiger partial charge is 0.321 e. The Morgan fingerprint density at radius 3 is 1.92 bits per heavy atom. The molecule has 0 fully saturated rings. The van der Waals surface area contributed by atoms with Gasteiger partial charge in [-0.15, -0.1) is 0 Å². The lowest BCUT2D eigenvalue weighted by Crippen LogP contribution is -2.18. The first-order chi connectivity index (χ1) is 11.4. The molecule has 0 spiro atoms. The molecule has 0 aromatic heterocycles. The van der Waals surface area contributed by atoms with Gasteiger partial charge in [-0.3, -0.25) is 9.59 Å². The second-order valence-corrected chi connectivity index (χ2v) is 5.75. The van der Waals surface area contributed by atoms with E-state index in [4.69, 9.17) is 34.8 Å². The fourth-order valence-corrected chi connectivity index (χ4v) is 2.13. The van der Waals surface area contributed by atoms with Crippen LogP contribution in [0.3, 0.4) is 0 Å². The van der Waals surface area contributed by atoms with Crippen LogP contribution in [0.25, 0.3) is 0 Å². The van der Waals surface area contributed by atoms with E-state index in [9.17, 15) is 14.0 Å². The monoisotopic (exact) mass is 386 g/mol. The van der Waals surface area contributed by atoms with Gasteiger partial charge in [-0.05, 0) is 42.5 Å². The Morgan fingerprint density at radius 1 is 0.833 bits per heavy atom. The molecule has 0 unspecified atom stereocenters. The molecule has 124 valence electrons. The van der Waals surface area contributed by atoms with Crippen molar-refractivity contribution in [1.82, 2.24) is 0 Å². The van der Waals surface area contributed by atoms with Gasteiger partial charge < -0.3 is 10.6 Å².